The van der Waals surface area contributed by atoms with E-state index in [0.717, 1.165) is 21.4 Å². The quantitative estimate of drug-likeness (QED) is 0.497. The first-order valence-corrected chi connectivity index (χ1v) is 5.25. The lowest BCUT2D eigenvalue weighted by atomic mass is 10.1. The van der Waals surface area contributed by atoms with Crippen LogP contribution in [-0.2, 0) is 0 Å². The van der Waals surface area contributed by atoms with Gasteiger partial charge in [-0.2, -0.15) is 4.73 Å². The highest BCUT2D eigenvalue weighted by Crippen LogP contribution is 2.29. The molecule has 16 heavy (non-hydrogen) atoms. The van der Waals surface area contributed by atoms with Gasteiger partial charge in [-0.25, -0.2) is 0 Å². The zero-order chi connectivity index (χ0) is 11.1. The second-order valence-electron chi connectivity index (χ2n) is 3.96. The summed E-state index contributed by atoms with van der Waals surface area (Å²) in [5.41, 5.74) is 1.63. The molecule has 1 aromatic carbocycles. The first-order chi connectivity index (χ1) is 7.74. The molecule has 0 bridgehead atoms. The molecule has 0 aliphatic carbocycles. The zero-order valence-electron chi connectivity index (χ0n) is 8.88. The van der Waals surface area contributed by atoms with Crippen molar-refractivity contribution >= 4 is 17.0 Å². The molecule has 1 aliphatic rings. The highest BCUT2D eigenvalue weighted by atomic mass is 16.5. The topological polar surface area (TPSA) is 36.2 Å². The molecule has 0 spiro atoms. The molecule has 2 aromatic rings. The lowest BCUT2D eigenvalue weighted by Crippen LogP contribution is -2.26. The van der Waals surface area contributed by atoms with Gasteiger partial charge in [-0.3, -0.25) is 0 Å². The molecule has 2 heterocycles. The van der Waals surface area contributed by atoms with Crippen molar-refractivity contribution in [1.82, 2.24) is 0 Å². The molecule has 0 amide bonds. The van der Waals surface area contributed by atoms with E-state index in [1.807, 2.05) is 37.3 Å². The van der Waals surface area contributed by atoms with Gasteiger partial charge in [0, 0.05) is 17.7 Å². The van der Waals surface area contributed by atoms with Crippen LogP contribution in [0.2, 0.25) is 0 Å². The van der Waals surface area contributed by atoms with Gasteiger partial charge in [0.15, 0.2) is 6.20 Å². The third-order valence-electron chi connectivity index (χ3n) is 2.75. The summed E-state index contributed by atoms with van der Waals surface area (Å²) in [5.74, 6) is 0.841. The van der Waals surface area contributed by atoms with E-state index in [4.69, 9.17) is 4.74 Å². The molecule has 80 valence electrons. The number of ether oxygens (including phenoxy) is 1. The van der Waals surface area contributed by atoms with Crippen LogP contribution in [0.5, 0.6) is 5.75 Å². The smallest absolute Gasteiger partial charge is 0.224 e. The molecule has 0 N–H and O–H groups in total. The lowest BCUT2D eigenvalue weighted by Gasteiger charge is -2.18. The monoisotopic (exact) mass is 213 g/mol. The summed E-state index contributed by atoms with van der Waals surface area (Å²) in [4.78, 5) is 0. The largest absolute Gasteiger partial charge is 0.618 e. The van der Waals surface area contributed by atoms with E-state index in [0.29, 0.717) is 5.52 Å². The second kappa shape index (κ2) is 3.23. The van der Waals surface area contributed by atoms with E-state index in [-0.39, 0.29) is 6.10 Å². The van der Waals surface area contributed by atoms with Gasteiger partial charge in [-0.1, -0.05) is 6.08 Å². The van der Waals surface area contributed by atoms with Crippen molar-refractivity contribution in [3.8, 4) is 5.75 Å². The van der Waals surface area contributed by atoms with Gasteiger partial charge in [0.2, 0.25) is 5.52 Å². The van der Waals surface area contributed by atoms with Crippen LogP contribution in [0.3, 0.4) is 0 Å². The van der Waals surface area contributed by atoms with E-state index in [9.17, 15) is 5.21 Å². The van der Waals surface area contributed by atoms with Crippen LogP contribution < -0.4 is 9.47 Å². The van der Waals surface area contributed by atoms with Crippen LogP contribution in [0.1, 0.15) is 12.5 Å². The molecule has 0 fully saturated rings. The molecule has 3 nitrogen and oxygen atoms in total. The van der Waals surface area contributed by atoms with Crippen molar-refractivity contribution in [3.05, 3.63) is 47.3 Å². The number of aromatic nitrogens is 1. The van der Waals surface area contributed by atoms with Crippen LogP contribution in [0.4, 0.5) is 0 Å². The number of pyridine rings is 1. The third kappa shape index (κ3) is 1.33. The highest BCUT2D eigenvalue weighted by Gasteiger charge is 2.14. The van der Waals surface area contributed by atoms with Gasteiger partial charge in [-0.05, 0) is 25.1 Å². The molecule has 0 saturated heterocycles. The predicted octanol–water partition coefficient (Wildman–Crippen LogP) is 2.27. The molecule has 1 aromatic heterocycles. The van der Waals surface area contributed by atoms with Crippen LogP contribution in [0.15, 0.2) is 36.5 Å². The van der Waals surface area contributed by atoms with Crippen molar-refractivity contribution in [2.24, 2.45) is 0 Å². The summed E-state index contributed by atoms with van der Waals surface area (Å²) in [6.45, 7) is 1.99. The summed E-state index contributed by atoms with van der Waals surface area (Å²) in [6.07, 6.45) is 5.57. The van der Waals surface area contributed by atoms with Crippen LogP contribution in [0.25, 0.3) is 17.0 Å². The molecule has 0 saturated carbocycles. The van der Waals surface area contributed by atoms with E-state index >= 15 is 0 Å². The molecular weight excluding hydrogens is 202 g/mol. The maximum Gasteiger partial charge on any atom is 0.224 e. The summed E-state index contributed by atoms with van der Waals surface area (Å²) >= 11 is 0. The molecule has 3 heteroatoms. The van der Waals surface area contributed by atoms with E-state index in [1.54, 1.807) is 6.07 Å². The molecule has 1 unspecified atom stereocenters. The summed E-state index contributed by atoms with van der Waals surface area (Å²) < 4.78 is 6.56. The SMILES string of the molecule is CC1C=Cc2cc3c(ccc[n+]3[O-])cc2O1. The Bertz CT molecular complexity index is 590. The summed E-state index contributed by atoms with van der Waals surface area (Å²) in [7, 11) is 0. The summed E-state index contributed by atoms with van der Waals surface area (Å²) in [5, 5.41) is 12.5. The minimum Gasteiger partial charge on any atom is -0.618 e. The van der Waals surface area contributed by atoms with E-state index in [1.165, 1.54) is 6.20 Å². The molecule has 1 atom stereocenters. The van der Waals surface area contributed by atoms with E-state index in [2.05, 4.69) is 0 Å². The van der Waals surface area contributed by atoms with Gasteiger partial charge in [0.1, 0.15) is 11.9 Å². The molecule has 0 radical (unpaired) electrons. The lowest BCUT2D eigenvalue weighted by molar-refractivity contribution is -0.577. The number of hydrogen-bond donors (Lipinski definition) is 0. The minimum absolute atomic E-state index is 0.0908. The normalized spacial score (nSPS) is 18.2. The Morgan fingerprint density at radius 3 is 3.12 bits per heavy atom. The molecular formula is C13H11NO2. The number of fused-ring (bicyclic) bond motifs is 2. The van der Waals surface area contributed by atoms with Crippen molar-refractivity contribution in [2.75, 3.05) is 0 Å². The van der Waals surface area contributed by atoms with Gasteiger partial charge in [0.05, 0.1) is 5.39 Å². The fraction of sp³-hybridized carbons (Fsp3) is 0.154. The predicted molar refractivity (Wildman–Crippen MR) is 62.0 cm³/mol. The van der Waals surface area contributed by atoms with Gasteiger partial charge in [-0.15, -0.1) is 0 Å². The molecule has 1 aliphatic heterocycles. The van der Waals surface area contributed by atoms with Crippen molar-refractivity contribution in [3.63, 3.8) is 0 Å². The number of nitrogens with zero attached hydrogens (tertiary/aromatic N) is 1. The minimum atomic E-state index is 0.0908. The van der Waals surface area contributed by atoms with E-state index < -0.39 is 0 Å². The fourth-order valence-electron chi connectivity index (χ4n) is 1.94. The first-order valence-electron chi connectivity index (χ1n) is 5.25. The number of benzene rings is 1. The second-order valence-corrected chi connectivity index (χ2v) is 3.96. The average molecular weight is 213 g/mol. The van der Waals surface area contributed by atoms with Crippen LogP contribution in [-0.4, -0.2) is 6.10 Å². The van der Waals surface area contributed by atoms with Gasteiger partial charge < -0.3 is 9.94 Å². The Balaban J connectivity index is 2.30. The third-order valence-corrected chi connectivity index (χ3v) is 2.75. The van der Waals surface area contributed by atoms with Crippen LogP contribution in [0, 0.1) is 5.21 Å². The van der Waals surface area contributed by atoms with Crippen molar-refractivity contribution in [1.29, 1.82) is 0 Å². The Labute approximate surface area is 93.2 Å². The Morgan fingerprint density at radius 2 is 2.25 bits per heavy atom. The fourth-order valence-corrected chi connectivity index (χ4v) is 1.94. The number of rotatable bonds is 0. The first kappa shape index (κ1) is 9.21. The van der Waals surface area contributed by atoms with Gasteiger partial charge >= 0.3 is 0 Å². The average Bonchev–Trinajstić information content (AvgIpc) is 2.27. The maximum atomic E-state index is 11.6. The highest BCUT2D eigenvalue weighted by molar-refractivity contribution is 5.82. The van der Waals surface area contributed by atoms with Crippen LogP contribution >= 0.6 is 0 Å². The Kier molecular flexibility index (Phi) is 1.86. The van der Waals surface area contributed by atoms with Crippen molar-refractivity contribution < 1.29 is 9.47 Å². The number of hydrogen-bond acceptors (Lipinski definition) is 2. The Morgan fingerprint density at radius 1 is 1.38 bits per heavy atom. The Hall–Kier alpha value is -2.03. The zero-order valence-corrected chi connectivity index (χ0v) is 8.88. The van der Waals surface area contributed by atoms with Gasteiger partial charge in [0.25, 0.3) is 0 Å². The van der Waals surface area contributed by atoms with Crippen molar-refractivity contribution in [2.45, 2.75) is 13.0 Å². The maximum absolute atomic E-state index is 11.6. The molecule has 3 rings (SSSR count). The standard InChI is InChI=1S/C13H11NO2/c1-9-4-5-11-7-12-10(8-13(11)16-9)3-2-6-14(12)15/h2-9H,1H3. The summed E-state index contributed by atoms with van der Waals surface area (Å²) in [6, 6.07) is 7.43.